The molecule has 3 rings (SSSR count). The number of sulfone groups is 1. The number of rotatable bonds is 5. The van der Waals surface area contributed by atoms with E-state index in [1.54, 1.807) is 13.8 Å². The van der Waals surface area contributed by atoms with Crippen LogP contribution in [0.1, 0.15) is 34.0 Å². The van der Waals surface area contributed by atoms with E-state index in [-0.39, 0.29) is 4.88 Å². The minimum absolute atomic E-state index is 0.332. The molecule has 1 unspecified atom stereocenters. The molecular weight excluding hydrogens is 403 g/mol. The number of halogens is 3. The smallest absolute Gasteiger partial charge is 0.341 e. The fourth-order valence-electron chi connectivity index (χ4n) is 2.74. The number of thiophene rings is 1. The summed E-state index contributed by atoms with van der Waals surface area (Å²) in [5.74, 6) is -4.51. The fraction of sp³-hybridized carbons (Fsp3) is 0.235. The number of nitrogens with one attached hydrogen (secondary N) is 1. The monoisotopic (exact) mass is 417 g/mol. The number of amides is 1. The Hall–Kier alpha value is -2.33. The van der Waals surface area contributed by atoms with Gasteiger partial charge in [0, 0.05) is 10.9 Å². The molecule has 27 heavy (non-hydrogen) atoms. The summed E-state index contributed by atoms with van der Waals surface area (Å²) < 4.78 is 68.0. The zero-order chi connectivity index (χ0) is 19.9. The van der Waals surface area contributed by atoms with Gasteiger partial charge in [-0.25, -0.2) is 12.8 Å². The Kier molecular flexibility index (Phi) is 5.04. The molecule has 144 valence electrons. The first-order chi connectivity index (χ1) is 12.6. The molecule has 0 fully saturated rings. The Morgan fingerprint density at radius 2 is 1.96 bits per heavy atom. The molecule has 10 heteroatoms. The molecule has 1 amide bonds. The van der Waals surface area contributed by atoms with Gasteiger partial charge in [0.15, 0.2) is 0 Å². The number of hydrogen-bond acceptors (Lipinski definition) is 5. The van der Waals surface area contributed by atoms with Crippen LogP contribution in [-0.2, 0) is 9.84 Å². The van der Waals surface area contributed by atoms with Crippen molar-refractivity contribution in [1.82, 2.24) is 5.32 Å². The van der Waals surface area contributed by atoms with Crippen LogP contribution in [0, 0.1) is 12.7 Å². The van der Waals surface area contributed by atoms with Gasteiger partial charge < -0.3 is 9.73 Å². The second-order valence-electron chi connectivity index (χ2n) is 5.85. The fourth-order valence-corrected chi connectivity index (χ4v) is 4.81. The van der Waals surface area contributed by atoms with Crippen molar-refractivity contribution in [3.63, 3.8) is 0 Å². The zero-order valence-electron chi connectivity index (χ0n) is 14.1. The Morgan fingerprint density at radius 3 is 2.63 bits per heavy atom. The Balaban J connectivity index is 1.90. The van der Waals surface area contributed by atoms with Crippen LogP contribution in [0.15, 0.2) is 39.0 Å². The van der Waals surface area contributed by atoms with Gasteiger partial charge in [-0.2, -0.15) is 8.78 Å². The summed E-state index contributed by atoms with van der Waals surface area (Å²) in [5, 5.41) is 4.34. The summed E-state index contributed by atoms with van der Waals surface area (Å²) in [6.45, 7) is 3.29. The molecule has 0 aliphatic heterocycles. The van der Waals surface area contributed by atoms with E-state index in [0.29, 0.717) is 22.3 Å². The van der Waals surface area contributed by atoms with Crippen molar-refractivity contribution in [2.24, 2.45) is 0 Å². The minimum atomic E-state index is -4.89. The van der Waals surface area contributed by atoms with Gasteiger partial charge in [-0.05, 0) is 43.5 Å². The maximum Gasteiger partial charge on any atom is 0.341 e. The highest BCUT2D eigenvalue weighted by molar-refractivity contribution is 7.92. The SMILES string of the molecule is Cc1c(C(C)NC(=O)c2sccc2S(=O)(=O)C(F)F)oc2ccc(F)cc12. The second kappa shape index (κ2) is 7.01. The van der Waals surface area contributed by atoms with Gasteiger partial charge in [-0.3, -0.25) is 4.79 Å². The maximum absolute atomic E-state index is 13.4. The van der Waals surface area contributed by atoms with Gasteiger partial charge in [0.25, 0.3) is 5.91 Å². The van der Waals surface area contributed by atoms with Crippen LogP contribution >= 0.6 is 11.3 Å². The zero-order valence-corrected chi connectivity index (χ0v) is 15.8. The highest BCUT2D eigenvalue weighted by Gasteiger charge is 2.32. The average Bonchev–Trinajstić information content (AvgIpc) is 3.21. The molecule has 0 spiro atoms. The minimum Gasteiger partial charge on any atom is -0.459 e. The lowest BCUT2D eigenvalue weighted by atomic mass is 10.1. The lowest BCUT2D eigenvalue weighted by Crippen LogP contribution is -2.27. The predicted molar refractivity (Wildman–Crippen MR) is 94.3 cm³/mol. The molecule has 2 aromatic heterocycles. The largest absolute Gasteiger partial charge is 0.459 e. The van der Waals surface area contributed by atoms with Gasteiger partial charge >= 0.3 is 5.76 Å². The first kappa shape index (κ1) is 19.4. The highest BCUT2D eigenvalue weighted by atomic mass is 32.2. The number of hydrogen-bond donors (Lipinski definition) is 1. The number of carbonyl (C=O) groups excluding carboxylic acids is 1. The van der Waals surface area contributed by atoms with Gasteiger partial charge in [0.1, 0.15) is 22.0 Å². The van der Waals surface area contributed by atoms with Crippen molar-refractivity contribution in [2.45, 2.75) is 30.5 Å². The molecule has 2 heterocycles. The first-order valence-corrected chi connectivity index (χ1v) is 10.1. The average molecular weight is 417 g/mol. The van der Waals surface area contributed by atoms with E-state index in [4.69, 9.17) is 4.42 Å². The first-order valence-electron chi connectivity index (χ1n) is 7.72. The van der Waals surface area contributed by atoms with Crippen molar-refractivity contribution in [2.75, 3.05) is 0 Å². The second-order valence-corrected chi connectivity index (χ2v) is 8.65. The van der Waals surface area contributed by atoms with Crippen molar-refractivity contribution < 1.29 is 30.8 Å². The van der Waals surface area contributed by atoms with Gasteiger partial charge in [-0.1, -0.05) is 0 Å². The van der Waals surface area contributed by atoms with E-state index in [1.165, 1.54) is 23.6 Å². The number of alkyl halides is 2. The lowest BCUT2D eigenvalue weighted by Gasteiger charge is -2.13. The van der Waals surface area contributed by atoms with E-state index < -0.39 is 38.3 Å². The lowest BCUT2D eigenvalue weighted by molar-refractivity contribution is 0.0936. The van der Waals surface area contributed by atoms with E-state index in [9.17, 15) is 26.4 Å². The van der Waals surface area contributed by atoms with Crippen molar-refractivity contribution >= 4 is 38.1 Å². The summed E-state index contributed by atoms with van der Waals surface area (Å²) in [6, 6.07) is 4.28. The molecule has 0 saturated heterocycles. The van der Waals surface area contributed by atoms with E-state index in [1.807, 2.05) is 0 Å². The summed E-state index contributed by atoms with van der Waals surface area (Å²) in [6.07, 6.45) is 0. The van der Waals surface area contributed by atoms with E-state index in [2.05, 4.69) is 5.32 Å². The standard InChI is InChI=1S/C17H14F3NO4S2/c1-8-11-7-10(18)3-4-12(11)25-14(8)9(2)21-16(22)15-13(5-6-26-15)27(23,24)17(19)20/h3-7,9,17H,1-2H3,(H,21,22). The molecule has 0 bridgehead atoms. The Bertz CT molecular complexity index is 1120. The van der Waals surface area contributed by atoms with Crippen LogP contribution in [0.5, 0.6) is 0 Å². The topological polar surface area (TPSA) is 76.4 Å². The number of aryl methyl sites for hydroxylation is 1. The van der Waals surface area contributed by atoms with E-state index >= 15 is 0 Å². The number of carbonyl (C=O) groups is 1. The van der Waals surface area contributed by atoms with Crippen molar-refractivity contribution in [1.29, 1.82) is 0 Å². The third-order valence-electron chi connectivity index (χ3n) is 4.05. The number of furan rings is 1. The van der Waals surface area contributed by atoms with Crippen LogP contribution in [0.4, 0.5) is 13.2 Å². The van der Waals surface area contributed by atoms with Crippen LogP contribution in [0.3, 0.4) is 0 Å². The quantitative estimate of drug-likeness (QED) is 0.666. The molecule has 5 nitrogen and oxygen atoms in total. The molecule has 3 aromatic rings. The van der Waals surface area contributed by atoms with Crippen LogP contribution in [0.2, 0.25) is 0 Å². The Labute approximate surface area is 156 Å². The molecule has 1 atom stereocenters. The maximum atomic E-state index is 13.4. The van der Waals surface area contributed by atoms with Crippen LogP contribution in [0.25, 0.3) is 11.0 Å². The molecule has 1 aromatic carbocycles. The summed E-state index contributed by atoms with van der Waals surface area (Å²) in [4.78, 5) is 11.4. The van der Waals surface area contributed by atoms with Crippen LogP contribution < -0.4 is 5.32 Å². The summed E-state index contributed by atoms with van der Waals surface area (Å²) in [5.41, 5.74) is 1.05. The molecular formula is C17H14F3NO4S2. The van der Waals surface area contributed by atoms with Crippen molar-refractivity contribution in [3.8, 4) is 0 Å². The third kappa shape index (κ3) is 3.46. The summed E-state index contributed by atoms with van der Waals surface area (Å²) in [7, 11) is -4.89. The van der Waals surface area contributed by atoms with Crippen molar-refractivity contribution in [3.05, 3.63) is 51.7 Å². The molecule has 1 N–H and O–H groups in total. The predicted octanol–water partition coefficient (Wildman–Crippen LogP) is 4.43. The number of benzene rings is 1. The van der Waals surface area contributed by atoms with Gasteiger partial charge in [0.05, 0.1) is 10.9 Å². The molecule has 0 radical (unpaired) electrons. The highest BCUT2D eigenvalue weighted by Crippen LogP contribution is 2.31. The third-order valence-corrected chi connectivity index (χ3v) is 6.52. The van der Waals surface area contributed by atoms with Gasteiger partial charge in [0.2, 0.25) is 9.84 Å². The van der Waals surface area contributed by atoms with Gasteiger partial charge in [-0.15, -0.1) is 11.3 Å². The Morgan fingerprint density at radius 1 is 1.26 bits per heavy atom. The van der Waals surface area contributed by atoms with Crippen LogP contribution in [-0.4, -0.2) is 20.1 Å². The van der Waals surface area contributed by atoms with E-state index in [0.717, 1.165) is 17.4 Å². The molecule has 0 saturated carbocycles. The normalized spacial score (nSPS) is 13.3. The number of fused-ring (bicyclic) bond motifs is 1. The molecule has 0 aliphatic rings. The summed E-state index contributed by atoms with van der Waals surface area (Å²) >= 11 is 0.746. The molecule has 0 aliphatic carbocycles.